The average Bonchev–Trinajstić information content (AvgIpc) is 2.61. The minimum atomic E-state index is 0.0334. The van der Waals surface area contributed by atoms with Gasteiger partial charge in [0, 0.05) is 16.5 Å². The van der Waals surface area contributed by atoms with Gasteiger partial charge in [-0.3, -0.25) is 4.79 Å². The number of carbonyl (C=O) groups is 1. The second-order valence-electron chi connectivity index (χ2n) is 6.08. The summed E-state index contributed by atoms with van der Waals surface area (Å²) in [4.78, 5) is 13.1. The first-order chi connectivity index (χ1) is 8.37. The maximum absolute atomic E-state index is 12.2. The molecular weight excluding hydrogens is 242 g/mol. The molecule has 0 spiro atoms. The van der Waals surface area contributed by atoms with Crippen LogP contribution in [0.2, 0.25) is 0 Å². The van der Waals surface area contributed by atoms with Crippen LogP contribution in [0.1, 0.15) is 49.0 Å². The van der Waals surface area contributed by atoms with E-state index in [1.54, 1.807) is 0 Å². The lowest BCUT2D eigenvalue weighted by molar-refractivity contribution is 0.0935. The summed E-state index contributed by atoms with van der Waals surface area (Å²) in [7, 11) is 0. The smallest absolute Gasteiger partial charge is 0.251 e. The van der Waals surface area contributed by atoms with Gasteiger partial charge in [-0.2, -0.15) is 0 Å². The minimum Gasteiger partial charge on any atom is -0.349 e. The first-order valence-corrected chi connectivity index (χ1v) is 6.93. The number of hydrogen-bond donors (Lipinski definition) is 2. The van der Waals surface area contributed by atoms with Gasteiger partial charge in [0.15, 0.2) is 0 Å². The highest BCUT2D eigenvalue weighted by Gasteiger charge is 2.31. The van der Waals surface area contributed by atoms with E-state index in [0.717, 1.165) is 28.9 Å². The summed E-state index contributed by atoms with van der Waals surface area (Å²) < 4.78 is 0. The fourth-order valence-electron chi connectivity index (χ4n) is 2.68. The molecule has 0 aliphatic heterocycles. The predicted molar refractivity (Wildman–Crippen MR) is 77.3 cm³/mol. The van der Waals surface area contributed by atoms with Crippen LogP contribution in [-0.2, 0) is 0 Å². The average molecular weight is 263 g/mol. The molecule has 2 rings (SSSR count). The summed E-state index contributed by atoms with van der Waals surface area (Å²) >= 11 is 4.29. The van der Waals surface area contributed by atoms with Gasteiger partial charge in [0.25, 0.3) is 5.91 Å². The molecule has 98 valence electrons. The highest BCUT2D eigenvalue weighted by atomic mass is 32.1. The molecule has 1 aromatic rings. The zero-order chi connectivity index (χ0) is 13.3. The summed E-state index contributed by atoms with van der Waals surface area (Å²) in [6.45, 7) is 6.48. The Labute approximate surface area is 115 Å². The summed E-state index contributed by atoms with van der Waals surface area (Å²) in [6, 6.07) is 6.01. The van der Waals surface area contributed by atoms with Gasteiger partial charge in [-0.25, -0.2) is 0 Å². The number of aryl methyl sites for hydroxylation is 1. The van der Waals surface area contributed by atoms with Gasteiger partial charge in [0.1, 0.15) is 0 Å². The third kappa shape index (κ3) is 3.08. The predicted octanol–water partition coefficient (Wildman–Crippen LogP) is 3.59. The van der Waals surface area contributed by atoms with Crippen LogP contribution in [0.25, 0.3) is 0 Å². The third-order valence-corrected chi connectivity index (χ3v) is 4.05. The summed E-state index contributed by atoms with van der Waals surface area (Å²) in [5.74, 6) is 0.0334. The molecule has 1 aromatic carbocycles. The van der Waals surface area contributed by atoms with E-state index in [2.05, 4.69) is 31.8 Å². The zero-order valence-corrected chi connectivity index (χ0v) is 12.2. The number of thiol groups is 1. The van der Waals surface area contributed by atoms with Crippen molar-refractivity contribution in [1.29, 1.82) is 0 Å². The quantitative estimate of drug-likeness (QED) is 0.784. The van der Waals surface area contributed by atoms with Gasteiger partial charge in [-0.1, -0.05) is 19.9 Å². The summed E-state index contributed by atoms with van der Waals surface area (Å²) in [6.07, 6.45) is 3.33. The van der Waals surface area contributed by atoms with Crippen LogP contribution in [0, 0.1) is 12.3 Å². The van der Waals surface area contributed by atoms with Crippen molar-refractivity contribution in [3.63, 3.8) is 0 Å². The molecule has 1 N–H and O–H groups in total. The molecule has 0 radical (unpaired) electrons. The largest absolute Gasteiger partial charge is 0.349 e. The van der Waals surface area contributed by atoms with Crippen molar-refractivity contribution >= 4 is 18.5 Å². The molecule has 1 aliphatic rings. The molecular formula is C15H21NOS. The third-order valence-electron chi connectivity index (χ3n) is 3.77. The zero-order valence-electron chi connectivity index (χ0n) is 11.3. The molecule has 1 unspecified atom stereocenters. The van der Waals surface area contributed by atoms with E-state index in [9.17, 15) is 4.79 Å². The Bertz CT molecular complexity index is 468. The second kappa shape index (κ2) is 4.96. The highest BCUT2D eigenvalue weighted by molar-refractivity contribution is 7.80. The van der Waals surface area contributed by atoms with Gasteiger partial charge < -0.3 is 5.32 Å². The van der Waals surface area contributed by atoms with Crippen LogP contribution >= 0.6 is 12.6 Å². The summed E-state index contributed by atoms with van der Waals surface area (Å²) in [5.41, 5.74) is 2.10. The lowest BCUT2D eigenvalue weighted by Crippen LogP contribution is -2.33. The van der Waals surface area contributed by atoms with Gasteiger partial charge in [-0.15, -0.1) is 12.6 Å². The van der Waals surface area contributed by atoms with Gasteiger partial charge in [0.05, 0.1) is 0 Å². The van der Waals surface area contributed by atoms with Crippen LogP contribution in [0.4, 0.5) is 0 Å². The molecule has 1 fully saturated rings. The summed E-state index contributed by atoms with van der Waals surface area (Å²) in [5, 5.41) is 3.15. The van der Waals surface area contributed by atoms with Crippen molar-refractivity contribution in [3.8, 4) is 0 Å². The van der Waals surface area contributed by atoms with Crippen molar-refractivity contribution in [2.75, 3.05) is 0 Å². The molecule has 1 amide bonds. The normalized spacial score (nSPS) is 21.9. The van der Waals surface area contributed by atoms with E-state index < -0.39 is 0 Å². The van der Waals surface area contributed by atoms with E-state index in [1.807, 2.05) is 25.1 Å². The maximum atomic E-state index is 12.2. The molecule has 1 atom stereocenters. The molecule has 0 bridgehead atoms. The number of carbonyl (C=O) groups excluding carboxylic acids is 1. The Kier molecular flexibility index (Phi) is 3.71. The lowest BCUT2D eigenvalue weighted by Gasteiger charge is -2.18. The van der Waals surface area contributed by atoms with Crippen molar-refractivity contribution in [1.82, 2.24) is 5.32 Å². The van der Waals surface area contributed by atoms with Gasteiger partial charge >= 0.3 is 0 Å². The van der Waals surface area contributed by atoms with E-state index in [1.165, 1.54) is 6.42 Å². The fraction of sp³-hybridized carbons (Fsp3) is 0.533. The van der Waals surface area contributed by atoms with E-state index in [0.29, 0.717) is 11.5 Å². The van der Waals surface area contributed by atoms with E-state index in [-0.39, 0.29) is 5.91 Å². The first kappa shape index (κ1) is 13.5. The lowest BCUT2D eigenvalue weighted by atomic mass is 9.92. The van der Waals surface area contributed by atoms with Gasteiger partial charge in [-0.05, 0) is 49.3 Å². The monoisotopic (exact) mass is 263 g/mol. The van der Waals surface area contributed by atoms with Crippen LogP contribution in [0.15, 0.2) is 23.1 Å². The van der Waals surface area contributed by atoms with Gasteiger partial charge in [0.2, 0.25) is 0 Å². The van der Waals surface area contributed by atoms with Crippen molar-refractivity contribution in [2.45, 2.75) is 51.0 Å². The van der Waals surface area contributed by atoms with Crippen LogP contribution < -0.4 is 5.32 Å². The van der Waals surface area contributed by atoms with Crippen molar-refractivity contribution in [2.24, 2.45) is 5.41 Å². The molecule has 18 heavy (non-hydrogen) atoms. The molecule has 0 saturated heterocycles. The van der Waals surface area contributed by atoms with Crippen LogP contribution in [-0.4, -0.2) is 11.9 Å². The highest BCUT2D eigenvalue weighted by Crippen LogP contribution is 2.37. The topological polar surface area (TPSA) is 29.1 Å². The molecule has 0 heterocycles. The van der Waals surface area contributed by atoms with Crippen molar-refractivity contribution in [3.05, 3.63) is 29.3 Å². The number of benzene rings is 1. The van der Waals surface area contributed by atoms with E-state index >= 15 is 0 Å². The maximum Gasteiger partial charge on any atom is 0.251 e. The number of amides is 1. The van der Waals surface area contributed by atoms with Crippen LogP contribution in [0.5, 0.6) is 0 Å². The molecule has 2 nitrogen and oxygen atoms in total. The Balaban J connectivity index is 2.06. The minimum absolute atomic E-state index is 0.0334. The number of rotatable bonds is 2. The SMILES string of the molecule is Cc1ccc(S)cc1C(=O)NC1CCC(C)(C)C1. The second-order valence-corrected chi connectivity index (χ2v) is 6.59. The van der Waals surface area contributed by atoms with Crippen LogP contribution in [0.3, 0.4) is 0 Å². The fourth-order valence-corrected chi connectivity index (χ4v) is 2.88. The van der Waals surface area contributed by atoms with Crippen molar-refractivity contribution < 1.29 is 4.79 Å². The van der Waals surface area contributed by atoms with E-state index in [4.69, 9.17) is 0 Å². The standard InChI is InChI=1S/C15H21NOS/c1-10-4-5-12(18)8-13(10)14(17)16-11-6-7-15(2,3)9-11/h4-5,8,11,18H,6-7,9H2,1-3H3,(H,16,17). The first-order valence-electron chi connectivity index (χ1n) is 6.48. The Hall–Kier alpha value is -0.960. The molecule has 0 aromatic heterocycles. The molecule has 1 aliphatic carbocycles. The number of hydrogen-bond acceptors (Lipinski definition) is 2. The Morgan fingerprint density at radius 2 is 2.17 bits per heavy atom. The molecule has 1 saturated carbocycles. The molecule has 3 heteroatoms. The Morgan fingerprint density at radius 1 is 1.44 bits per heavy atom. The number of nitrogens with one attached hydrogen (secondary N) is 1. The Morgan fingerprint density at radius 3 is 2.78 bits per heavy atom.